The molecule has 27 heavy (non-hydrogen) atoms. The SMILES string of the molecule is Cc1cc(C)c(CNC(=O)CCCN2C(=O)c3ccccc3C2=O)c(=O)[nH]1. The molecule has 0 saturated carbocycles. The number of H-pyrrole nitrogens is 1. The van der Waals surface area contributed by atoms with Gasteiger partial charge in [0.05, 0.1) is 11.1 Å². The van der Waals surface area contributed by atoms with Crippen molar-refractivity contribution in [3.8, 4) is 0 Å². The van der Waals surface area contributed by atoms with Crippen molar-refractivity contribution in [2.75, 3.05) is 6.54 Å². The third kappa shape index (κ3) is 3.81. The van der Waals surface area contributed by atoms with Gasteiger partial charge in [-0.1, -0.05) is 12.1 Å². The van der Waals surface area contributed by atoms with Gasteiger partial charge in [0.1, 0.15) is 0 Å². The van der Waals surface area contributed by atoms with Gasteiger partial charge in [0, 0.05) is 30.8 Å². The molecule has 1 aromatic heterocycles. The van der Waals surface area contributed by atoms with Crippen LogP contribution in [0.2, 0.25) is 0 Å². The van der Waals surface area contributed by atoms with Gasteiger partial charge in [-0.05, 0) is 44.0 Å². The van der Waals surface area contributed by atoms with Gasteiger partial charge in [0.15, 0.2) is 0 Å². The van der Waals surface area contributed by atoms with Crippen LogP contribution in [0.5, 0.6) is 0 Å². The van der Waals surface area contributed by atoms with E-state index in [2.05, 4.69) is 10.3 Å². The Kier molecular flexibility index (Phi) is 5.21. The summed E-state index contributed by atoms with van der Waals surface area (Å²) in [4.78, 5) is 52.4. The van der Waals surface area contributed by atoms with E-state index >= 15 is 0 Å². The van der Waals surface area contributed by atoms with E-state index in [4.69, 9.17) is 0 Å². The number of imide groups is 1. The standard InChI is InChI=1S/C20H21N3O4/c1-12-10-13(2)22-18(25)16(12)11-21-17(24)8-5-9-23-19(26)14-6-3-4-7-15(14)20(23)27/h3-4,6-7,10H,5,8-9,11H2,1-2H3,(H,21,24)(H,22,25). The highest BCUT2D eigenvalue weighted by Gasteiger charge is 2.34. The molecule has 0 saturated heterocycles. The van der Waals surface area contributed by atoms with Crippen molar-refractivity contribution in [1.29, 1.82) is 0 Å². The molecule has 0 spiro atoms. The molecule has 1 aliphatic rings. The molecular weight excluding hydrogens is 346 g/mol. The summed E-state index contributed by atoms with van der Waals surface area (Å²) < 4.78 is 0. The normalized spacial score (nSPS) is 13.0. The largest absolute Gasteiger partial charge is 0.352 e. The number of carbonyl (C=O) groups excluding carboxylic acids is 3. The first kappa shape index (κ1) is 18.6. The molecule has 0 unspecified atom stereocenters. The lowest BCUT2D eigenvalue weighted by Gasteiger charge is -2.13. The fraction of sp³-hybridized carbons (Fsp3) is 0.300. The Morgan fingerprint density at radius 1 is 1.07 bits per heavy atom. The highest BCUT2D eigenvalue weighted by molar-refractivity contribution is 6.21. The van der Waals surface area contributed by atoms with E-state index in [-0.39, 0.29) is 42.8 Å². The molecule has 7 nitrogen and oxygen atoms in total. The van der Waals surface area contributed by atoms with E-state index in [1.54, 1.807) is 31.2 Å². The third-order valence-corrected chi connectivity index (χ3v) is 4.62. The topological polar surface area (TPSA) is 99.3 Å². The second-order valence-corrected chi connectivity index (χ2v) is 6.63. The van der Waals surface area contributed by atoms with Crippen LogP contribution >= 0.6 is 0 Å². The Hall–Kier alpha value is -3.22. The van der Waals surface area contributed by atoms with Crippen LogP contribution < -0.4 is 10.9 Å². The van der Waals surface area contributed by atoms with Crippen molar-refractivity contribution in [1.82, 2.24) is 15.2 Å². The van der Waals surface area contributed by atoms with Gasteiger partial charge in [-0.2, -0.15) is 0 Å². The molecular formula is C20H21N3O4. The number of nitrogens with one attached hydrogen (secondary N) is 2. The van der Waals surface area contributed by atoms with Crippen LogP contribution in [0.25, 0.3) is 0 Å². The Bertz CT molecular complexity index is 942. The van der Waals surface area contributed by atoms with Crippen LogP contribution in [0.15, 0.2) is 35.1 Å². The number of hydrogen-bond donors (Lipinski definition) is 2. The zero-order valence-electron chi connectivity index (χ0n) is 15.3. The smallest absolute Gasteiger partial charge is 0.261 e. The number of fused-ring (bicyclic) bond motifs is 1. The highest BCUT2D eigenvalue weighted by Crippen LogP contribution is 2.22. The van der Waals surface area contributed by atoms with Crippen molar-refractivity contribution in [2.45, 2.75) is 33.2 Å². The first-order valence-corrected chi connectivity index (χ1v) is 8.80. The lowest BCUT2D eigenvalue weighted by atomic mass is 10.1. The van der Waals surface area contributed by atoms with Crippen molar-refractivity contribution in [2.24, 2.45) is 0 Å². The predicted molar refractivity (Wildman–Crippen MR) is 99.4 cm³/mol. The minimum absolute atomic E-state index is 0.146. The molecule has 2 N–H and O–H groups in total. The maximum Gasteiger partial charge on any atom is 0.261 e. The van der Waals surface area contributed by atoms with Crippen LogP contribution in [0.1, 0.15) is 50.4 Å². The summed E-state index contributed by atoms with van der Waals surface area (Å²) >= 11 is 0. The van der Waals surface area contributed by atoms with Gasteiger partial charge in [-0.3, -0.25) is 24.1 Å². The number of benzene rings is 1. The van der Waals surface area contributed by atoms with Crippen molar-refractivity contribution in [3.05, 3.63) is 68.6 Å². The fourth-order valence-electron chi connectivity index (χ4n) is 3.22. The third-order valence-electron chi connectivity index (χ3n) is 4.62. The number of amides is 3. The van der Waals surface area contributed by atoms with Crippen molar-refractivity contribution < 1.29 is 14.4 Å². The second kappa shape index (κ2) is 7.57. The van der Waals surface area contributed by atoms with Crippen molar-refractivity contribution >= 4 is 17.7 Å². The molecule has 140 valence electrons. The molecule has 1 aromatic carbocycles. The number of nitrogens with zero attached hydrogens (tertiary/aromatic N) is 1. The van der Waals surface area contributed by atoms with Gasteiger partial charge in [0.25, 0.3) is 17.4 Å². The molecule has 0 fully saturated rings. The van der Waals surface area contributed by atoms with Crippen molar-refractivity contribution in [3.63, 3.8) is 0 Å². The first-order valence-electron chi connectivity index (χ1n) is 8.80. The average Bonchev–Trinajstić information content (AvgIpc) is 2.86. The van der Waals surface area contributed by atoms with E-state index < -0.39 is 0 Å². The van der Waals surface area contributed by atoms with Gasteiger partial charge < -0.3 is 10.3 Å². The lowest BCUT2D eigenvalue weighted by molar-refractivity contribution is -0.121. The molecule has 7 heteroatoms. The summed E-state index contributed by atoms with van der Waals surface area (Å²) in [6.07, 6.45) is 0.525. The van der Waals surface area contributed by atoms with Crippen LogP contribution in [-0.2, 0) is 11.3 Å². The van der Waals surface area contributed by atoms with Gasteiger partial charge in [-0.15, -0.1) is 0 Å². The van der Waals surface area contributed by atoms with Crippen LogP contribution in [0.3, 0.4) is 0 Å². The number of pyridine rings is 1. The quantitative estimate of drug-likeness (QED) is 0.759. The second-order valence-electron chi connectivity index (χ2n) is 6.63. The molecule has 0 bridgehead atoms. The Morgan fingerprint density at radius 2 is 1.70 bits per heavy atom. The first-order chi connectivity index (χ1) is 12.9. The van der Waals surface area contributed by atoms with Gasteiger partial charge >= 0.3 is 0 Å². The maximum atomic E-state index is 12.3. The summed E-state index contributed by atoms with van der Waals surface area (Å²) in [5, 5.41) is 2.72. The zero-order valence-corrected chi connectivity index (χ0v) is 15.3. The highest BCUT2D eigenvalue weighted by atomic mass is 16.2. The number of hydrogen-bond acceptors (Lipinski definition) is 4. The van der Waals surface area contributed by atoms with E-state index in [1.807, 2.05) is 13.0 Å². The fourth-order valence-corrected chi connectivity index (χ4v) is 3.22. The number of aryl methyl sites for hydroxylation is 2. The maximum absolute atomic E-state index is 12.3. The lowest BCUT2D eigenvalue weighted by Crippen LogP contribution is -2.32. The van der Waals surface area contributed by atoms with Crippen LogP contribution in [-0.4, -0.2) is 34.2 Å². The summed E-state index contributed by atoms with van der Waals surface area (Å²) in [7, 11) is 0. The average molecular weight is 367 g/mol. The molecule has 2 aromatic rings. The molecule has 2 heterocycles. The Morgan fingerprint density at radius 3 is 2.30 bits per heavy atom. The summed E-state index contributed by atoms with van der Waals surface area (Å²) in [6.45, 7) is 3.96. The number of rotatable bonds is 6. The van der Waals surface area contributed by atoms with Crippen LogP contribution in [0.4, 0.5) is 0 Å². The monoisotopic (exact) mass is 367 g/mol. The number of aromatic nitrogens is 1. The molecule has 3 amide bonds. The Balaban J connectivity index is 1.50. The number of aromatic amines is 1. The minimum Gasteiger partial charge on any atom is -0.352 e. The van der Waals surface area contributed by atoms with E-state index in [9.17, 15) is 19.2 Å². The Labute approximate surface area is 156 Å². The summed E-state index contributed by atoms with van der Waals surface area (Å²) in [5.41, 5.74) is 2.71. The zero-order chi connectivity index (χ0) is 19.6. The van der Waals surface area contributed by atoms with Gasteiger partial charge in [0.2, 0.25) is 5.91 Å². The molecule has 1 aliphatic heterocycles. The van der Waals surface area contributed by atoms with E-state index in [0.717, 1.165) is 11.3 Å². The van der Waals surface area contributed by atoms with E-state index in [1.165, 1.54) is 4.90 Å². The predicted octanol–water partition coefficient (Wildman–Crippen LogP) is 1.68. The van der Waals surface area contributed by atoms with Gasteiger partial charge in [-0.25, -0.2) is 0 Å². The molecule has 0 atom stereocenters. The van der Waals surface area contributed by atoms with E-state index in [0.29, 0.717) is 23.1 Å². The minimum atomic E-state index is -0.321. The number of carbonyl (C=O) groups is 3. The molecule has 0 aliphatic carbocycles. The molecule has 0 radical (unpaired) electrons. The summed E-state index contributed by atoms with van der Waals surface area (Å²) in [5.74, 6) is -0.873. The van der Waals surface area contributed by atoms with Crippen LogP contribution in [0, 0.1) is 13.8 Å². The summed E-state index contributed by atoms with van der Waals surface area (Å²) in [6, 6.07) is 8.55. The molecule has 3 rings (SSSR count).